The molecule has 0 radical (unpaired) electrons. The van der Waals surface area contributed by atoms with E-state index in [4.69, 9.17) is 10.5 Å². The SMILES string of the molecule is CC(C(=O)NCCC(=O)N1CCOCC1)C(N)c1ccccc1. The smallest absolute Gasteiger partial charge is 0.224 e. The van der Waals surface area contributed by atoms with Crippen molar-refractivity contribution < 1.29 is 14.3 Å². The molecule has 23 heavy (non-hydrogen) atoms. The summed E-state index contributed by atoms with van der Waals surface area (Å²) >= 11 is 0. The summed E-state index contributed by atoms with van der Waals surface area (Å²) < 4.78 is 5.21. The van der Waals surface area contributed by atoms with Gasteiger partial charge in [-0.15, -0.1) is 0 Å². The fraction of sp³-hybridized carbons (Fsp3) is 0.529. The van der Waals surface area contributed by atoms with E-state index in [2.05, 4.69) is 5.32 Å². The maximum atomic E-state index is 12.2. The van der Waals surface area contributed by atoms with Gasteiger partial charge in [0.05, 0.1) is 19.1 Å². The summed E-state index contributed by atoms with van der Waals surface area (Å²) in [5.74, 6) is -0.430. The van der Waals surface area contributed by atoms with Gasteiger partial charge in [0.1, 0.15) is 0 Å². The molecule has 0 spiro atoms. The van der Waals surface area contributed by atoms with Crippen molar-refractivity contribution in [3.05, 3.63) is 35.9 Å². The van der Waals surface area contributed by atoms with Crippen LogP contribution < -0.4 is 11.1 Å². The average molecular weight is 319 g/mol. The lowest BCUT2D eigenvalue weighted by Crippen LogP contribution is -2.42. The van der Waals surface area contributed by atoms with E-state index in [0.717, 1.165) is 5.56 Å². The molecule has 0 aliphatic carbocycles. The molecule has 1 heterocycles. The van der Waals surface area contributed by atoms with Crippen LogP contribution in [0.25, 0.3) is 0 Å². The number of ether oxygens (including phenoxy) is 1. The number of nitrogens with two attached hydrogens (primary N) is 1. The number of carbonyl (C=O) groups is 2. The molecule has 2 unspecified atom stereocenters. The second kappa shape index (κ2) is 8.64. The second-order valence-electron chi connectivity index (χ2n) is 5.76. The van der Waals surface area contributed by atoms with Gasteiger partial charge >= 0.3 is 0 Å². The number of hydrogen-bond donors (Lipinski definition) is 2. The highest BCUT2D eigenvalue weighted by atomic mass is 16.5. The molecule has 6 nitrogen and oxygen atoms in total. The molecule has 0 bridgehead atoms. The van der Waals surface area contributed by atoms with Crippen molar-refractivity contribution in [2.75, 3.05) is 32.8 Å². The molecule has 126 valence electrons. The highest BCUT2D eigenvalue weighted by molar-refractivity contribution is 5.81. The Bertz CT molecular complexity index is 515. The number of hydrogen-bond acceptors (Lipinski definition) is 4. The summed E-state index contributed by atoms with van der Waals surface area (Å²) in [6.45, 7) is 4.56. The molecule has 1 fully saturated rings. The van der Waals surface area contributed by atoms with Crippen LogP contribution in [0.15, 0.2) is 30.3 Å². The van der Waals surface area contributed by atoms with Gasteiger partial charge in [0.25, 0.3) is 0 Å². The highest BCUT2D eigenvalue weighted by Gasteiger charge is 2.22. The van der Waals surface area contributed by atoms with E-state index in [-0.39, 0.29) is 23.8 Å². The van der Waals surface area contributed by atoms with Crippen LogP contribution in [0.2, 0.25) is 0 Å². The van der Waals surface area contributed by atoms with Gasteiger partial charge in [0, 0.05) is 32.1 Å². The first-order chi connectivity index (χ1) is 11.1. The summed E-state index contributed by atoms with van der Waals surface area (Å²) in [5.41, 5.74) is 7.07. The fourth-order valence-electron chi connectivity index (χ4n) is 2.55. The lowest BCUT2D eigenvalue weighted by atomic mass is 9.95. The van der Waals surface area contributed by atoms with Crippen molar-refractivity contribution >= 4 is 11.8 Å². The third-order valence-corrected chi connectivity index (χ3v) is 4.14. The molecule has 2 atom stereocenters. The van der Waals surface area contributed by atoms with Crippen LogP contribution in [0.3, 0.4) is 0 Å². The van der Waals surface area contributed by atoms with Gasteiger partial charge < -0.3 is 20.7 Å². The Kier molecular flexibility index (Phi) is 6.55. The second-order valence-corrected chi connectivity index (χ2v) is 5.76. The normalized spacial score (nSPS) is 17.4. The molecule has 2 rings (SSSR count). The van der Waals surface area contributed by atoms with Crippen LogP contribution in [0.5, 0.6) is 0 Å². The van der Waals surface area contributed by atoms with Crippen molar-refractivity contribution in [1.29, 1.82) is 0 Å². The first-order valence-electron chi connectivity index (χ1n) is 8.03. The van der Waals surface area contributed by atoms with Crippen molar-refractivity contribution in [3.8, 4) is 0 Å². The molecule has 1 aliphatic heterocycles. The van der Waals surface area contributed by atoms with E-state index in [9.17, 15) is 9.59 Å². The van der Waals surface area contributed by atoms with Gasteiger partial charge in [-0.05, 0) is 5.56 Å². The Morgan fingerprint density at radius 2 is 1.91 bits per heavy atom. The van der Waals surface area contributed by atoms with E-state index in [1.807, 2.05) is 30.3 Å². The zero-order chi connectivity index (χ0) is 16.7. The van der Waals surface area contributed by atoms with E-state index in [1.165, 1.54) is 0 Å². The van der Waals surface area contributed by atoms with Crippen LogP contribution in [0.1, 0.15) is 24.9 Å². The van der Waals surface area contributed by atoms with Gasteiger partial charge in [-0.25, -0.2) is 0 Å². The average Bonchev–Trinajstić information content (AvgIpc) is 2.61. The summed E-state index contributed by atoms with van der Waals surface area (Å²) in [5, 5.41) is 2.81. The van der Waals surface area contributed by atoms with Crippen LogP contribution in [-0.2, 0) is 14.3 Å². The van der Waals surface area contributed by atoms with Crippen molar-refractivity contribution in [1.82, 2.24) is 10.2 Å². The molecular weight excluding hydrogens is 294 g/mol. The predicted octanol–water partition coefficient (Wildman–Crippen LogP) is 0.688. The molecule has 1 aromatic carbocycles. The molecule has 1 saturated heterocycles. The molecule has 6 heteroatoms. The van der Waals surface area contributed by atoms with Gasteiger partial charge in [-0.3, -0.25) is 9.59 Å². The lowest BCUT2D eigenvalue weighted by Gasteiger charge is -2.27. The minimum absolute atomic E-state index is 0.0496. The van der Waals surface area contributed by atoms with E-state index >= 15 is 0 Å². The van der Waals surface area contributed by atoms with Crippen molar-refractivity contribution in [2.24, 2.45) is 11.7 Å². The third-order valence-electron chi connectivity index (χ3n) is 4.14. The number of benzene rings is 1. The number of amides is 2. The van der Waals surface area contributed by atoms with Gasteiger partial charge in [-0.2, -0.15) is 0 Å². The third kappa shape index (κ3) is 5.04. The van der Waals surface area contributed by atoms with E-state index in [1.54, 1.807) is 11.8 Å². The Labute approximate surface area is 137 Å². The van der Waals surface area contributed by atoms with Gasteiger partial charge in [0.2, 0.25) is 11.8 Å². The molecular formula is C17H25N3O3. The summed E-state index contributed by atoms with van der Waals surface area (Å²) in [7, 11) is 0. The number of nitrogens with one attached hydrogen (secondary N) is 1. The largest absolute Gasteiger partial charge is 0.378 e. The fourth-order valence-corrected chi connectivity index (χ4v) is 2.55. The first-order valence-corrected chi connectivity index (χ1v) is 8.03. The molecule has 1 aliphatic rings. The van der Waals surface area contributed by atoms with Crippen LogP contribution in [-0.4, -0.2) is 49.6 Å². The molecule has 0 aromatic heterocycles. The topological polar surface area (TPSA) is 84.7 Å². The summed E-state index contributed by atoms with van der Waals surface area (Å²) in [6.07, 6.45) is 0.305. The first kappa shape index (κ1) is 17.4. The zero-order valence-electron chi connectivity index (χ0n) is 13.5. The Morgan fingerprint density at radius 3 is 2.57 bits per heavy atom. The minimum atomic E-state index is -0.355. The van der Waals surface area contributed by atoms with E-state index < -0.39 is 0 Å². The Morgan fingerprint density at radius 1 is 1.26 bits per heavy atom. The van der Waals surface area contributed by atoms with Crippen molar-refractivity contribution in [2.45, 2.75) is 19.4 Å². The monoisotopic (exact) mass is 319 g/mol. The summed E-state index contributed by atoms with van der Waals surface area (Å²) in [4.78, 5) is 26.0. The molecule has 3 N–H and O–H groups in total. The summed E-state index contributed by atoms with van der Waals surface area (Å²) in [6, 6.07) is 9.19. The minimum Gasteiger partial charge on any atom is -0.378 e. The van der Waals surface area contributed by atoms with Crippen LogP contribution >= 0.6 is 0 Å². The molecule has 0 saturated carbocycles. The lowest BCUT2D eigenvalue weighted by molar-refractivity contribution is -0.135. The Balaban J connectivity index is 1.74. The van der Waals surface area contributed by atoms with Crippen molar-refractivity contribution in [3.63, 3.8) is 0 Å². The molecule has 1 aromatic rings. The highest BCUT2D eigenvalue weighted by Crippen LogP contribution is 2.18. The number of nitrogens with zero attached hydrogens (tertiary/aromatic N) is 1. The van der Waals surface area contributed by atoms with E-state index in [0.29, 0.717) is 39.3 Å². The predicted molar refractivity (Wildman–Crippen MR) is 87.6 cm³/mol. The van der Waals surface area contributed by atoms with Crippen LogP contribution in [0.4, 0.5) is 0 Å². The maximum Gasteiger partial charge on any atom is 0.224 e. The van der Waals surface area contributed by atoms with Gasteiger partial charge in [-0.1, -0.05) is 37.3 Å². The number of morpholine rings is 1. The number of rotatable bonds is 6. The Hall–Kier alpha value is -1.92. The number of carbonyl (C=O) groups excluding carboxylic acids is 2. The quantitative estimate of drug-likeness (QED) is 0.808. The molecule has 2 amide bonds. The zero-order valence-corrected chi connectivity index (χ0v) is 13.5. The van der Waals surface area contributed by atoms with Gasteiger partial charge in [0.15, 0.2) is 0 Å². The standard InChI is InChI=1S/C17H25N3O3/c1-13(16(18)14-5-3-2-4-6-14)17(22)19-8-7-15(21)20-9-11-23-12-10-20/h2-6,13,16H,7-12,18H2,1H3,(H,19,22). The maximum absolute atomic E-state index is 12.2. The van der Waals surface area contributed by atoms with Crippen LogP contribution in [0, 0.1) is 5.92 Å².